The molecule has 1 N–H and O–H groups in total. The zero-order chi connectivity index (χ0) is 10.3. The third-order valence-electron chi connectivity index (χ3n) is 2.22. The number of hydrogen-bond donors (Lipinski definition) is 1. The molecule has 1 fully saturated rings. The zero-order valence-electron chi connectivity index (χ0n) is 9.82. The molecule has 0 aromatic carbocycles. The summed E-state index contributed by atoms with van der Waals surface area (Å²) < 4.78 is 0. The van der Waals surface area contributed by atoms with Crippen LogP contribution in [0.3, 0.4) is 0 Å². The summed E-state index contributed by atoms with van der Waals surface area (Å²) in [6.45, 7) is 13.8. The smallest absolute Gasteiger partial charge is 0.0626 e. The van der Waals surface area contributed by atoms with E-state index in [2.05, 4.69) is 58.6 Å². The van der Waals surface area contributed by atoms with Crippen molar-refractivity contribution in [1.29, 1.82) is 0 Å². The Morgan fingerprint density at radius 2 is 1.77 bits per heavy atom. The van der Waals surface area contributed by atoms with Gasteiger partial charge < -0.3 is 0 Å². The Bertz CT molecular complexity index is 193. The van der Waals surface area contributed by atoms with Gasteiger partial charge in [0.1, 0.15) is 0 Å². The second-order valence-corrected chi connectivity index (χ2v) is 7.74. The molecule has 1 atom stereocenters. The third kappa shape index (κ3) is 3.51. The van der Waals surface area contributed by atoms with Gasteiger partial charge in [0.05, 0.1) is 4.87 Å². The quantitative estimate of drug-likeness (QED) is 0.699. The largest absolute Gasteiger partial charge is 0.297 e. The van der Waals surface area contributed by atoms with Crippen molar-refractivity contribution < 1.29 is 0 Å². The fourth-order valence-corrected chi connectivity index (χ4v) is 3.87. The Balaban J connectivity index is 2.60. The minimum atomic E-state index is 0.280. The molecule has 0 aliphatic carbocycles. The van der Waals surface area contributed by atoms with E-state index in [-0.39, 0.29) is 4.87 Å². The Labute approximate surface area is 87.1 Å². The van der Waals surface area contributed by atoms with Crippen LogP contribution in [0.5, 0.6) is 0 Å². The first-order valence-electron chi connectivity index (χ1n) is 5.05. The predicted octanol–water partition coefficient (Wildman–Crippen LogP) is 3.25. The summed E-state index contributed by atoms with van der Waals surface area (Å²) in [7, 11) is 0. The van der Waals surface area contributed by atoms with Gasteiger partial charge in [-0.05, 0) is 32.6 Å². The van der Waals surface area contributed by atoms with E-state index in [0.717, 1.165) is 0 Å². The monoisotopic (exact) mass is 201 g/mol. The van der Waals surface area contributed by atoms with E-state index >= 15 is 0 Å². The maximum Gasteiger partial charge on any atom is 0.0626 e. The molecule has 0 radical (unpaired) electrons. The second-order valence-electron chi connectivity index (χ2n) is 6.27. The van der Waals surface area contributed by atoms with Crippen LogP contribution in [0.1, 0.15) is 48.0 Å². The lowest BCUT2D eigenvalue weighted by Crippen LogP contribution is -2.47. The van der Waals surface area contributed by atoms with Crippen molar-refractivity contribution in [2.75, 3.05) is 5.75 Å². The van der Waals surface area contributed by atoms with Gasteiger partial charge in [-0.15, -0.1) is 11.8 Å². The van der Waals surface area contributed by atoms with Crippen LogP contribution in [-0.4, -0.2) is 16.2 Å². The topological polar surface area (TPSA) is 12.0 Å². The Hall–Kier alpha value is 0.310. The Morgan fingerprint density at radius 1 is 1.23 bits per heavy atom. The maximum atomic E-state index is 3.73. The summed E-state index contributed by atoms with van der Waals surface area (Å²) >= 11 is 2.07. The van der Waals surface area contributed by atoms with E-state index in [0.29, 0.717) is 11.0 Å². The summed E-state index contributed by atoms with van der Waals surface area (Å²) in [4.78, 5) is 0.280. The van der Waals surface area contributed by atoms with Gasteiger partial charge in [-0.25, -0.2) is 0 Å². The van der Waals surface area contributed by atoms with Gasteiger partial charge in [0.2, 0.25) is 0 Å². The fourth-order valence-electron chi connectivity index (χ4n) is 2.23. The molecule has 0 spiro atoms. The molecule has 1 unspecified atom stereocenters. The molecule has 13 heavy (non-hydrogen) atoms. The van der Waals surface area contributed by atoms with Crippen LogP contribution < -0.4 is 5.32 Å². The van der Waals surface area contributed by atoms with Crippen LogP contribution in [0.15, 0.2) is 0 Å². The van der Waals surface area contributed by atoms with Gasteiger partial charge in [0.25, 0.3) is 0 Å². The molecule has 2 heteroatoms. The highest BCUT2D eigenvalue weighted by Crippen LogP contribution is 2.42. The van der Waals surface area contributed by atoms with Crippen molar-refractivity contribution >= 4 is 11.8 Å². The summed E-state index contributed by atoms with van der Waals surface area (Å²) in [5, 5.41) is 3.73. The molecule has 0 aromatic heterocycles. The number of hydrogen-bond acceptors (Lipinski definition) is 2. The van der Waals surface area contributed by atoms with Crippen LogP contribution >= 0.6 is 11.8 Å². The van der Waals surface area contributed by atoms with Gasteiger partial charge in [-0.2, -0.15) is 0 Å². The highest BCUT2D eigenvalue weighted by molar-refractivity contribution is 8.00. The summed E-state index contributed by atoms with van der Waals surface area (Å²) in [5.41, 5.74) is 0.722. The van der Waals surface area contributed by atoms with Crippen molar-refractivity contribution in [3.8, 4) is 0 Å². The molecule has 0 aromatic rings. The average Bonchev–Trinajstić information content (AvgIpc) is 2.00. The van der Waals surface area contributed by atoms with Gasteiger partial charge >= 0.3 is 0 Å². The summed E-state index contributed by atoms with van der Waals surface area (Å²) in [6.07, 6.45) is 1.23. The third-order valence-corrected chi connectivity index (χ3v) is 3.97. The minimum Gasteiger partial charge on any atom is -0.297 e. The molecule has 0 amide bonds. The van der Waals surface area contributed by atoms with Crippen LogP contribution in [0.2, 0.25) is 0 Å². The second kappa shape index (κ2) is 3.16. The predicted molar refractivity (Wildman–Crippen MR) is 62.1 cm³/mol. The van der Waals surface area contributed by atoms with Crippen molar-refractivity contribution in [3.05, 3.63) is 0 Å². The van der Waals surface area contributed by atoms with E-state index in [1.165, 1.54) is 12.2 Å². The van der Waals surface area contributed by atoms with Crippen molar-refractivity contribution in [2.24, 2.45) is 5.41 Å². The maximum absolute atomic E-state index is 3.73. The van der Waals surface area contributed by atoms with E-state index in [9.17, 15) is 0 Å². The molecule has 78 valence electrons. The first-order valence-corrected chi connectivity index (χ1v) is 6.04. The molecule has 0 saturated carbocycles. The highest BCUT2D eigenvalue weighted by Gasteiger charge is 2.41. The average molecular weight is 201 g/mol. The van der Waals surface area contributed by atoms with E-state index in [1.807, 2.05) is 0 Å². The number of thioether (sulfide) groups is 1. The van der Waals surface area contributed by atoms with Crippen molar-refractivity contribution in [2.45, 2.75) is 58.4 Å². The van der Waals surface area contributed by atoms with Crippen LogP contribution in [0, 0.1) is 5.41 Å². The number of nitrogens with one attached hydrogen (secondary N) is 1. The molecule has 1 aliphatic rings. The Morgan fingerprint density at radius 3 is 2.08 bits per heavy atom. The molecule has 1 aliphatic heterocycles. The minimum absolute atomic E-state index is 0.280. The van der Waals surface area contributed by atoms with E-state index in [4.69, 9.17) is 0 Å². The Kier molecular flexibility index (Phi) is 2.77. The van der Waals surface area contributed by atoms with Crippen molar-refractivity contribution in [1.82, 2.24) is 5.32 Å². The van der Waals surface area contributed by atoms with E-state index in [1.54, 1.807) is 0 Å². The van der Waals surface area contributed by atoms with E-state index < -0.39 is 0 Å². The molecule has 1 nitrogen and oxygen atoms in total. The SMILES string of the molecule is CC(C)(C)CC1(C)NC(C)(C)CS1. The summed E-state index contributed by atoms with van der Waals surface area (Å²) in [6, 6.07) is 0. The lowest BCUT2D eigenvalue weighted by Gasteiger charge is -2.33. The first-order chi connectivity index (χ1) is 5.62. The standard InChI is InChI=1S/C11H23NS/c1-9(2,3)7-11(6)12-10(4,5)8-13-11/h12H,7-8H2,1-6H3. The van der Waals surface area contributed by atoms with Gasteiger partial charge in [0.15, 0.2) is 0 Å². The molecule has 0 bridgehead atoms. The zero-order valence-corrected chi connectivity index (χ0v) is 10.6. The molecule has 1 heterocycles. The fraction of sp³-hybridized carbons (Fsp3) is 1.00. The molecular formula is C11H23NS. The normalized spacial score (nSPS) is 33.7. The molecule has 1 saturated heterocycles. The van der Waals surface area contributed by atoms with Crippen LogP contribution in [-0.2, 0) is 0 Å². The van der Waals surface area contributed by atoms with Gasteiger partial charge in [-0.1, -0.05) is 20.8 Å². The van der Waals surface area contributed by atoms with Crippen LogP contribution in [0.4, 0.5) is 0 Å². The van der Waals surface area contributed by atoms with Crippen molar-refractivity contribution in [3.63, 3.8) is 0 Å². The lowest BCUT2D eigenvalue weighted by atomic mass is 9.87. The van der Waals surface area contributed by atoms with Gasteiger partial charge in [-0.3, -0.25) is 5.32 Å². The number of rotatable bonds is 1. The highest BCUT2D eigenvalue weighted by atomic mass is 32.2. The first kappa shape index (κ1) is 11.4. The lowest BCUT2D eigenvalue weighted by molar-refractivity contribution is 0.272. The van der Waals surface area contributed by atoms with Gasteiger partial charge in [0, 0.05) is 11.3 Å². The summed E-state index contributed by atoms with van der Waals surface area (Å²) in [5.74, 6) is 1.22. The molecule has 1 rings (SSSR count). The van der Waals surface area contributed by atoms with Crippen LogP contribution in [0.25, 0.3) is 0 Å². The molecular weight excluding hydrogens is 178 g/mol.